The van der Waals surface area contributed by atoms with Gasteiger partial charge in [-0.25, -0.2) is 9.59 Å². The number of hydrogen-bond donors (Lipinski definition) is 0. The molecule has 0 aromatic carbocycles. The summed E-state index contributed by atoms with van der Waals surface area (Å²) in [4.78, 5) is 98.0. The molecule has 2 spiro atoms. The highest BCUT2D eigenvalue weighted by molar-refractivity contribution is 6.02. The van der Waals surface area contributed by atoms with Crippen molar-refractivity contribution in [3.05, 3.63) is 0 Å². The Morgan fingerprint density at radius 2 is 0.827 bits per heavy atom. The molecule has 4 aliphatic heterocycles. The van der Waals surface area contributed by atoms with Crippen LogP contribution in [0.15, 0.2) is 0 Å². The van der Waals surface area contributed by atoms with E-state index in [1.807, 2.05) is 27.7 Å². The van der Waals surface area contributed by atoms with Crippen LogP contribution in [0.2, 0.25) is 0 Å². The molecule has 0 unspecified atom stereocenters. The molecule has 52 heavy (non-hydrogen) atoms. The zero-order valence-corrected chi connectivity index (χ0v) is 31.3. The fraction of sp³-hybridized carbons (Fsp3) is 0.824. The molecule has 6 fully saturated rings. The molecule has 0 aromatic rings. The lowest BCUT2D eigenvalue weighted by molar-refractivity contribution is -0.364. The Kier molecular flexibility index (Phi) is 11.0. The second-order valence-corrected chi connectivity index (χ2v) is 14.9. The van der Waals surface area contributed by atoms with Gasteiger partial charge >= 0.3 is 35.8 Å². The highest BCUT2D eigenvalue weighted by atomic mass is 17.0. The van der Waals surface area contributed by atoms with E-state index in [2.05, 4.69) is 0 Å². The molecule has 0 amide bonds. The predicted octanol–water partition coefficient (Wildman–Crippen LogP) is 0.948. The maximum Gasteiger partial charge on any atom is 0.337 e. The first-order valence-electron chi connectivity index (χ1n) is 17.3. The van der Waals surface area contributed by atoms with Crippen LogP contribution in [-0.2, 0) is 76.5 Å². The maximum atomic E-state index is 12.8. The molecule has 0 N–H and O–H groups in total. The molecular weight excluding hydrogens is 692 g/mol. The molecule has 2 saturated carbocycles. The van der Waals surface area contributed by atoms with Gasteiger partial charge in [0.25, 0.3) is 0 Å². The predicted molar refractivity (Wildman–Crippen MR) is 170 cm³/mol. The van der Waals surface area contributed by atoms with Crippen molar-refractivity contribution in [3.8, 4) is 0 Å². The van der Waals surface area contributed by atoms with Crippen LogP contribution < -0.4 is 0 Å². The lowest BCUT2D eigenvalue weighted by Gasteiger charge is -2.41. The summed E-state index contributed by atoms with van der Waals surface area (Å²) in [5, 5.41) is 2.63. The third kappa shape index (κ3) is 5.34. The first-order chi connectivity index (χ1) is 24.6. The van der Waals surface area contributed by atoms with E-state index in [0.29, 0.717) is 0 Å². The fourth-order valence-electron chi connectivity index (χ4n) is 10.7. The zero-order valence-electron chi connectivity index (χ0n) is 31.3. The van der Waals surface area contributed by atoms with Crippen molar-refractivity contribution in [3.63, 3.8) is 0 Å². The van der Waals surface area contributed by atoms with Crippen molar-refractivity contribution in [2.24, 2.45) is 46.3 Å². The summed E-state index contributed by atoms with van der Waals surface area (Å²) in [5.74, 6) is -5.20. The summed E-state index contributed by atoms with van der Waals surface area (Å²) in [7, 11) is 7.60. The molecule has 4 heterocycles. The molecule has 8 atom stereocenters. The average Bonchev–Trinajstić information content (AvgIpc) is 3.95. The van der Waals surface area contributed by atoms with Gasteiger partial charge in [-0.3, -0.25) is 38.5 Å². The Morgan fingerprint density at radius 1 is 0.519 bits per heavy atom. The Balaban J connectivity index is 0.000000201. The van der Waals surface area contributed by atoms with Gasteiger partial charge in [-0.15, -0.1) is 0 Å². The van der Waals surface area contributed by atoms with Crippen LogP contribution in [0.5, 0.6) is 0 Å². The lowest BCUT2D eigenvalue weighted by atomic mass is 9.65. The van der Waals surface area contributed by atoms with Crippen molar-refractivity contribution >= 4 is 35.8 Å². The molecule has 18 heteroatoms. The molecule has 0 bridgehead atoms. The minimum absolute atomic E-state index is 0.109. The number of nitrogens with zero attached hydrogens (tertiary/aromatic N) is 2. The highest BCUT2D eigenvalue weighted by Gasteiger charge is 2.79. The molecule has 4 saturated heterocycles. The highest BCUT2D eigenvalue weighted by Crippen LogP contribution is 2.66. The van der Waals surface area contributed by atoms with Crippen LogP contribution in [0, 0.1) is 46.3 Å². The van der Waals surface area contributed by atoms with Gasteiger partial charge in [0, 0.05) is 36.5 Å². The topological polar surface area (TPSA) is 201 Å². The molecule has 2 aliphatic carbocycles. The number of esters is 6. The van der Waals surface area contributed by atoms with E-state index in [1.54, 1.807) is 0 Å². The quantitative estimate of drug-likeness (QED) is 0.193. The molecule has 6 rings (SSSR count). The second kappa shape index (κ2) is 14.4. The summed E-state index contributed by atoms with van der Waals surface area (Å²) < 4.78 is 29.7. The van der Waals surface area contributed by atoms with E-state index >= 15 is 0 Å². The fourth-order valence-corrected chi connectivity index (χ4v) is 10.7. The van der Waals surface area contributed by atoms with Gasteiger partial charge in [0.1, 0.15) is 0 Å². The van der Waals surface area contributed by atoms with Crippen LogP contribution in [0.1, 0.15) is 53.4 Å². The van der Waals surface area contributed by atoms with Crippen molar-refractivity contribution in [2.75, 3.05) is 55.9 Å². The van der Waals surface area contributed by atoms with E-state index in [0.717, 1.165) is 0 Å². The zero-order chi connectivity index (χ0) is 38.6. The molecule has 18 nitrogen and oxygen atoms in total. The van der Waals surface area contributed by atoms with Crippen molar-refractivity contribution in [1.82, 2.24) is 10.5 Å². The average molecular weight is 743 g/mol. The Morgan fingerprint density at radius 3 is 1.08 bits per heavy atom. The Labute approximate surface area is 301 Å². The van der Waals surface area contributed by atoms with Crippen molar-refractivity contribution in [1.29, 1.82) is 0 Å². The van der Waals surface area contributed by atoms with Crippen LogP contribution in [-0.4, -0.2) is 125 Å². The summed E-state index contributed by atoms with van der Waals surface area (Å²) in [6.45, 7) is 8.25. The van der Waals surface area contributed by atoms with E-state index in [-0.39, 0.29) is 62.6 Å². The molecule has 6 aliphatic rings. The number of carbonyl (C=O) groups excluding carboxylic acids is 6. The standard InChI is InChI=1S/2C17H25NO8/c2*1-9(2)12-16(14(20)23-4,15(21)24-5)6-10-8-25-18-17(10,12)7-11(26-18)13(19)22-3/h2*9-12H,6-8H2,1-5H3/t2*10-,11+,12+,17+/m10/s1. The Hall–Kier alpha value is -3.42. The molecular formula is C34H50N2O16. The van der Waals surface area contributed by atoms with Gasteiger partial charge in [-0.1, -0.05) is 38.1 Å². The van der Waals surface area contributed by atoms with Crippen LogP contribution >= 0.6 is 0 Å². The maximum absolute atomic E-state index is 12.8. The third-order valence-electron chi connectivity index (χ3n) is 12.1. The van der Waals surface area contributed by atoms with Crippen LogP contribution in [0.3, 0.4) is 0 Å². The van der Waals surface area contributed by atoms with Gasteiger partial charge in [0.15, 0.2) is 23.0 Å². The van der Waals surface area contributed by atoms with Gasteiger partial charge in [0.2, 0.25) is 0 Å². The summed E-state index contributed by atoms with van der Waals surface area (Å²) in [6.07, 6.45) is -0.747. The van der Waals surface area contributed by atoms with Crippen molar-refractivity contribution in [2.45, 2.75) is 76.7 Å². The first-order valence-corrected chi connectivity index (χ1v) is 17.3. The van der Waals surface area contributed by atoms with Gasteiger partial charge in [-0.05, 0) is 24.7 Å². The van der Waals surface area contributed by atoms with Gasteiger partial charge < -0.3 is 28.4 Å². The Bertz CT molecular complexity index is 1310. The monoisotopic (exact) mass is 742 g/mol. The number of hydroxylamine groups is 4. The molecule has 0 aromatic heterocycles. The molecule has 292 valence electrons. The van der Waals surface area contributed by atoms with Gasteiger partial charge in [0.05, 0.1) is 67.0 Å². The second-order valence-electron chi connectivity index (χ2n) is 14.9. The van der Waals surface area contributed by atoms with E-state index < -0.39 is 81.8 Å². The minimum atomic E-state index is -1.47. The minimum Gasteiger partial charge on any atom is -0.468 e. The normalized spacial score (nSPS) is 35.1. The number of methoxy groups -OCH3 is 6. The number of rotatable bonds is 8. The van der Waals surface area contributed by atoms with Gasteiger partial charge in [-0.2, -0.15) is 0 Å². The summed E-state index contributed by atoms with van der Waals surface area (Å²) in [5.41, 5.74) is -4.57. The van der Waals surface area contributed by atoms with Crippen LogP contribution in [0.25, 0.3) is 0 Å². The molecule has 0 radical (unpaired) electrons. The van der Waals surface area contributed by atoms with Crippen molar-refractivity contribution < 1.29 is 76.5 Å². The third-order valence-corrected chi connectivity index (χ3v) is 12.1. The smallest absolute Gasteiger partial charge is 0.337 e. The SMILES string of the molecule is COC(=O)[C@@H]1C[C@@]23[C@@H](CON2O1)CC(C(=O)OC)(C(=O)OC)[C@@H]3C(C)C.COC(=O)[C@H]1C[C@]23[C@H](CON2O1)CC(C(=O)OC)(C(=O)OC)[C@H]3C(C)C. The van der Waals surface area contributed by atoms with E-state index in [4.69, 9.17) is 47.8 Å². The lowest BCUT2D eigenvalue weighted by Crippen LogP contribution is -2.55. The van der Waals surface area contributed by atoms with Crippen LogP contribution in [0.4, 0.5) is 0 Å². The largest absolute Gasteiger partial charge is 0.468 e. The number of ether oxygens (including phenoxy) is 6. The number of hydrogen-bond acceptors (Lipinski definition) is 18. The summed E-state index contributed by atoms with van der Waals surface area (Å²) in [6, 6.07) is 0. The summed E-state index contributed by atoms with van der Waals surface area (Å²) >= 11 is 0. The first kappa shape index (κ1) is 39.8. The number of carbonyl (C=O) groups is 6. The van der Waals surface area contributed by atoms with E-state index in [9.17, 15) is 28.8 Å². The van der Waals surface area contributed by atoms with E-state index in [1.165, 1.54) is 53.1 Å².